The predicted octanol–water partition coefficient (Wildman–Crippen LogP) is 2.82. The van der Waals surface area contributed by atoms with E-state index in [4.69, 9.17) is 21.1 Å². The number of benzene rings is 1. The van der Waals surface area contributed by atoms with E-state index in [0.29, 0.717) is 16.5 Å². The zero-order valence-electron chi connectivity index (χ0n) is 14.4. The van der Waals surface area contributed by atoms with Gasteiger partial charge in [0.15, 0.2) is 11.5 Å². The first kappa shape index (κ1) is 17.8. The Balaban J connectivity index is 1.75. The SMILES string of the molecule is COc1cc(CN2CCCC(c3cc(=O)[nH]cn3)C2)cc(Cl)c1OC. The fourth-order valence-corrected chi connectivity index (χ4v) is 3.68. The summed E-state index contributed by atoms with van der Waals surface area (Å²) in [5.41, 5.74) is 1.83. The van der Waals surface area contributed by atoms with Crippen LogP contribution in [0.2, 0.25) is 5.02 Å². The van der Waals surface area contributed by atoms with Gasteiger partial charge in [-0.05, 0) is 37.1 Å². The number of likely N-dealkylation sites (tertiary alicyclic amines) is 1. The van der Waals surface area contributed by atoms with E-state index in [0.717, 1.165) is 43.7 Å². The van der Waals surface area contributed by atoms with Crippen LogP contribution in [0.4, 0.5) is 0 Å². The smallest absolute Gasteiger partial charge is 0.250 e. The molecule has 6 nitrogen and oxygen atoms in total. The van der Waals surface area contributed by atoms with Gasteiger partial charge in [-0.25, -0.2) is 4.98 Å². The normalized spacial score (nSPS) is 18.1. The molecule has 2 aromatic rings. The van der Waals surface area contributed by atoms with Crippen LogP contribution >= 0.6 is 11.6 Å². The molecule has 0 spiro atoms. The van der Waals surface area contributed by atoms with Gasteiger partial charge in [-0.1, -0.05) is 11.6 Å². The number of nitrogens with zero attached hydrogens (tertiary/aromatic N) is 2. The molecule has 3 rings (SSSR count). The minimum absolute atomic E-state index is 0.103. The summed E-state index contributed by atoms with van der Waals surface area (Å²) in [5, 5.41) is 0.543. The number of ether oxygens (including phenoxy) is 2. The Kier molecular flexibility index (Phi) is 5.60. The van der Waals surface area contributed by atoms with Gasteiger partial charge in [0, 0.05) is 25.1 Å². The van der Waals surface area contributed by atoms with Crippen molar-refractivity contribution in [2.75, 3.05) is 27.3 Å². The zero-order valence-corrected chi connectivity index (χ0v) is 15.2. The molecule has 7 heteroatoms. The van der Waals surface area contributed by atoms with Crippen LogP contribution in [0.25, 0.3) is 0 Å². The number of nitrogens with one attached hydrogen (secondary N) is 1. The predicted molar refractivity (Wildman–Crippen MR) is 96.7 cm³/mol. The Morgan fingerprint density at radius 1 is 1.32 bits per heavy atom. The molecule has 134 valence electrons. The molecule has 0 radical (unpaired) electrons. The molecule has 1 atom stereocenters. The Morgan fingerprint density at radius 2 is 2.16 bits per heavy atom. The van der Waals surface area contributed by atoms with Crippen LogP contribution in [0.5, 0.6) is 11.5 Å². The van der Waals surface area contributed by atoms with Crippen LogP contribution in [0.15, 0.2) is 29.3 Å². The van der Waals surface area contributed by atoms with Crippen molar-refractivity contribution in [2.24, 2.45) is 0 Å². The largest absolute Gasteiger partial charge is 0.493 e. The summed E-state index contributed by atoms with van der Waals surface area (Å²) in [7, 11) is 3.18. The van der Waals surface area contributed by atoms with Crippen molar-refractivity contribution < 1.29 is 9.47 Å². The molecule has 1 unspecified atom stereocenters. The van der Waals surface area contributed by atoms with Gasteiger partial charge in [0.2, 0.25) is 0 Å². The summed E-state index contributed by atoms with van der Waals surface area (Å²) in [5.74, 6) is 1.46. The summed E-state index contributed by atoms with van der Waals surface area (Å²) in [6, 6.07) is 5.47. The molecular weight excluding hydrogens is 342 g/mol. The van der Waals surface area contributed by atoms with E-state index in [9.17, 15) is 4.79 Å². The van der Waals surface area contributed by atoms with Crippen molar-refractivity contribution in [1.82, 2.24) is 14.9 Å². The summed E-state index contributed by atoms with van der Waals surface area (Å²) >= 11 is 6.30. The first-order valence-electron chi connectivity index (χ1n) is 8.28. The second kappa shape index (κ2) is 7.89. The van der Waals surface area contributed by atoms with Crippen molar-refractivity contribution in [1.29, 1.82) is 0 Å². The van der Waals surface area contributed by atoms with Crippen LogP contribution in [0, 0.1) is 0 Å². The highest BCUT2D eigenvalue weighted by Crippen LogP contribution is 2.36. The molecule has 1 fully saturated rings. The molecule has 1 aliphatic heterocycles. The maximum atomic E-state index is 11.5. The number of H-pyrrole nitrogens is 1. The summed E-state index contributed by atoms with van der Waals surface area (Å²) in [4.78, 5) is 20.8. The quantitative estimate of drug-likeness (QED) is 0.884. The van der Waals surface area contributed by atoms with Crippen molar-refractivity contribution >= 4 is 11.6 Å². The molecule has 1 aliphatic rings. The van der Waals surface area contributed by atoms with E-state index in [1.54, 1.807) is 20.3 Å². The molecule has 1 aromatic heterocycles. The summed E-state index contributed by atoms with van der Waals surface area (Å²) in [6.45, 7) is 2.63. The lowest BCUT2D eigenvalue weighted by atomic mass is 9.94. The number of hydrogen-bond donors (Lipinski definition) is 1. The molecule has 1 aromatic carbocycles. The lowest BCUT2D eigenvalue weighted by Gasteiger charge is -2.32. The maximum absolute atomic E-state index is 11.5. The van der Waals surface area contributed by atoms with Crippen LogP contribution < -0.4 is 15.0 Å². The molecule has 0 amide bonds. The van der Waals surface area contributed by atoms with Crippen LogP contribution in [0.3, 0.4) is 0 Å². The lowest BCUT2D eigenvalue weighted by Crippen LogP contribution is -2.34. The van der Waals surface area contributed by atoms with Crippen molar-refractivity contribution in [3.8, 4) is 11.5 Å². The van der Waals surface area contributed by atoms with E-state index in [1.807, 2.05) is 12.1 Å². The monoisotopic (exact) mass is 363 g/mol. The van der Waals surface area contributed by atoms with Gasteiger partial charge in [-0.3, -0.25) is 9.69 Å². The van der Waals surface area contributed by atoms with Crippen LogP contribution in [-0.4, -0.2) is 42.2 Å². The topological polar surface area (TPSA) is 67.5 Å². The number of methoxy groups -OCH3 is 2. The van der Waals surface area contributed by atoms with E-state index in [1.165, 1.54) is 6.33 Å². The van der Waals surface area contributed by atoms with Gasteiger partial charge in [-0.15, -0.1) is 0 Å². The van der Waals surface area contributed by atoms with E-state index >= 15 is 0 Å². The van der Waals surface area contributed by atoms with E-state index in [-0.39, 0.29) is 11.5 Å². The lowest BCUT2D eigenvalue weighted by molar-refractivity contribution is 0.198. The molecular formula is C18H22ClN3O3. The number of aromatic nitrogens is 2. The Bertz CT molecular complexity index is 793. The number of hydrogen-bond acceptors (Lipinski definition) is 5. The van der Waals surface area contributed by atoms with Crippen molar-refractivity contribution in [2.45, 2.75) is 25.3 Å². The number of aromatic amines is 1. The Morgan fingerprint density at radius 3 is 2.88 bits per heavy atom. The third kappa shape index (κ3) is 4.14. The second-order valence-corrected chi connectivity index (χ2v) is 6.63. The van der Waals surface area contributed by atoms with E-state index in [2.05, 4.69) is 14.9 Å². The van der Waals surface area contributed by atoms with Gasteiger partial charge in [-0.2, -0.15) is 0 Å². The van der Waals surface area contributed by atoms with Gasteiger partial charge < -0.3 is 14.5 Å². The Labute approximate surface area is 151 Å². The maximum Gasteiger partial charge on any atom is 0.250 e. The molecule has 25 heavy (non-hydrogen) atoms. The number of piperidine rings is 1. The van der Waals surface area contributed by atoms with Gasteiger partial charge in [0.25, 0.3) is 5.56 Å². The molecule has 1 saturated heterocycles. The Hall–Kier alpha value is -2.05. The van der Waals surface area contributed by atoms with Gasteiger partial charge >= 0.3 is 0 Å². The average Bonchev–Trinajstić information content (AvgIpc) is 2.61. The number of halogens is 1. The second-order valence-electron chi connectivity index (χ2n) is 6.22. The van der Waals surface area contributed by atoms with Crippen molar-refractivity contribution in [3.63, 3.8) is 0 Å². The number of rotatable bonds is 5. The third-order valence-corrected chi connectivity index (χ3v) is 4.80. The highest BCUT2D eigenvalue weighted by Gasteiger charge is 2.23. The van der Waals surface area contributed by atoms with Gasteiger partial charge in [0.1, 0.15) is 0 Å². The first-order chi connectivity index (χ1) is 12.1. The minimum Gasteiger partial charge on any atom is -0.493 e. The zero-order chi connectivity index (χ0) is 17.8. The highest BCUT2D eigenvalue weighted by molar-refractivity contribution is 6.32. The van der Waals surface area contributed by atoms with Crippen LogP contribution in [0.1, 0.15) is 30.0 Å². The molecule has 0 saturated carbocycles. The molecule has 0 bridgehead atoms. The summed E-state index contributed by atoms with van der Waals surface area (Å²) < 4.78 is 10.7. The average molecular weight is 364 g/mol. The standard InChI is InChI=1S/C18H22ClN3O3/c1-24-16-7-12(6-14(19)18(16)25-2)9-22-5-3-4-13(10-22)15-8-17(23)21-11-20-15/h6-8,11,13H,3-5,9-10H2,1-2H3,(H,20,21,23). The molecule has 2 heterocycles. The molecule has 0 aliphatic carbocycles. The van der Waals surface area contributed by atoms with Crippen molar-refractivity contribution in [3.05, 3.63) is 51.2 Å². The van der Waals surface area contributed by atoms with E-state index < -0.39 is 0 Å². The first-order valence-corrected chi connectivity index (χ1v) is 8.66. The minimum atomic E-state index is -0.103. The molecule has 1 N–H and O–H groups in total. The van der Waals surface area contributed by atoms with Crippen LogP contribution in [-0.2, 0) is 6.54 Å². The fraction of sp³-hybridized carbons (Fsp3) is 0.444. The summed E-state index contributed by atoms with van der Waals surface area (Å²) in [6.07, 6.45) is 3.59. The third-order valence-electron chi connectivity index (χ3n) is 4.52. The highest BCUT2D eigenvalue weighted by atomic mass is 35.5. The fourth-order valence-electron chi connectivity index (χ4n) is 3.37. The van der Waals surface area contributed by atoms with Gasteiger partial charge in [0.05, 0.1) is 31.3 Å².